The largest absolute Gasteiger partial charge is 0.323 e. The summed E-state index contributed by atoms with van der Waals surface area (Å²) in [5.74, 6) is 0. The number of nitrogens with two attached hydrogens (primary N) is 1. The minimum atomic E-state index is 0.110. The van der Waals surface area contributed by atoms with E-state index >= 15 is 0 Å². The topological polar surface area (TPSA) is 32.5 Å². The van der Waals surface area contributed by atoms with E-state index in [4.69, 9.17) is 5.73 Å². The zero-order chi connectivity index (χ0) is 15.7. The summed E-state index contributed by atoms with van der Waals surface area (Å²) in [6, 6.07) is 8.67. The van der Waals surface area contributed by atoms with Crippen LogP contribution in [0.1, 0.15) is 44.4 Å². The molecule has 1 aromatic rings. The second-order valence-electron chi connectivity index (χ2n) is 5.79. The third kappa shape index (κ3) is 6.60. The minimum absolute atomic E-state index is 0.110. The fourth-order valence-corrected chi connectivity index (χ4v) is 2.72. The average molecular weight is 291 g/mol. The van der Waals surface area contributed by atoms with Gasteiger partial charge in [0, 0.05) is 12.6 Å². The number of rotatable bonds is 10. The van der Waals surface area contributed by atoms with Crippen LogP contribution < -0.4 is 5.73 Å². The Morgan fingerprint density at radius 2 is 1.62 bits per heavy atom. The number of hydrogen-bond acceptors (Lipinski definition) is 3. The summed E-state index contributed by atoms with van der Waals surface area (Å²) in [6.45, 7) is 15.4. The van der Waals surface area contributed by atoms with E-state index in [2.05, 4.69) is 61.8 Å². The third-order valence-corrected chi connectivity index (χ3v) is 4.22. The van der Waals surface area contributed by atoms with Crippen LogP contribution in [0.5, 0.6) is 0 Å². The molecule has 1 aromatic carbocycles. The maximum absolute atomic E-state index is 6.37. The molecule has 0 aliphatic rings. The molecule has 0 bridgehead atoms. The van der Waals surface area contributed by atoms with Crippen LogP contribution in [0.15, 0.2) is 24.3 Å². The van der Waals surface area contributed by atoms with Gasteiger partial charge in [-0.25, -0.2) is 0 Å². The van der Waals surface area contributed by atoms with Crippen LogP contribution in [0.4, 0.5) is 0 Å². The minimum Gasteiger partial charge on any atom is -0.323 e. The molecule has 0 aliphatic heterocycles. The van der Waals surface area contributed by atoms with Gasteiger partial charge in [-0.15, -0.1) is 0 Å². The molecular formula is C18H33N3. The molecule has 0 radical (unpaired) electrons. The lowest BCUT2D eigenvalue weighted by atomic mass is 10.0. The summed E-state index contributed by atoms with van der Waals surface area (Å²) < 4.78 is 0. The third-order valence-electron chi connectivity index (χ3n) is 4.22. The van der Waals surface area contributed by atoms with E-state index in [1.807, 2.05) is 0 Å². The molecule has 3 heteroatoms. The average Bonchev–Trinajstić information content (AvgIpc) is 2.50. The summed E-state index contributed by atoms with van der Waals surface area (Å²) >= 11 is 0. The van der Waals surface area contributed by atoms with E-state index in [9.17, 15) is 0 Å². The first-order valence-electron chi connectivity index (χ1n) is 8.37. The van der Waals surface area contributed by atoms with Gasteiger partial charge >= 0.3 is 0 Å². The van der Waals surface area contributed by atoms with Gasteiger partial charge < -0.3 is 15.5 Å². The van der Waals surface area contributed by atoms with E-state index in [1.54, 1.807) is 0 Å². The Labute approximate surface area is 131 Å². The zero-order valence-electron chi connectivity index (χ0n) is 14.3. The number of likely N-dealkylation sites (N-methyl/N-ethyl adjacent to an activating group) is 1. The van der Waals surface area contributed by atoms with Crippen molar-refractivity contribution < 1.29 is 0 Å². The molecule has 0 aliphatic carbocycles. The Kier molecular flexibility index (Phi) is 8.58. The van der Waals surface area contributed by atoms with Gasteiger partial charge in [-0.1, -0.05) is 50.6 Å². The van der Waals surface area contributed by atoms with Crippen LogP contribution in [-0.4, -0.2) is 49.1 Å². The Balaban J connectivity index is 2.42. The van der Waals surface area contributed by atoms with E-state index in [-0.39, 0.29) is 6.04 Å². The summed E-state index contributed by atoms with van der Waals surface area (Å²) in [5, 5.41) is 0. The smallest absolute Gasteiger partial charge is 0.0424 e. The van der Waals surface area contributed by atoms with Crippen LogP contribution in [0.3, 0.4) is 0 Å². The predicted molar refractivity (Wildman–Crippen MR) is 92.6 cm³/mol. The Hall–Kier alpha value is -0.900. The first-order valence-corrected chi connectivity index (χ1v) is 8.37. The first kappa shape index (κ1) is 18.1. The molecule has 0 heterocycles. The van der Waals surface area contributed by atoms with E-state index in [0.29, 0.717) is 0 Å². The van der Waals surface area contributed by atoms with Crippen molar-refractivity contribution in [2.45, 2.75) is 40.2 Å². The highest BCUT2D eigenvalue weighted by atomic mass is 15.1. The molecule has 1 unspecified atom stereocenters. The van der Waals surface area contributed by atoms with Crippen molar-refractivity contribution in [1.29, 1.82) is 0 Å². The van der Waals surface area contributed by atoms with Crippen molar-refractivity contribution in [1.82, 2.24) is 9.80 Å². The second kappa shape index (κ2) is 9.93. The summed E-state index contributed by atoms with van der Waals surface area (Å²) in [6.07, 6.45) is 1.22. The van der Waals surface area contributed by atoms with Crippen LogP contribution in [0.25, 0.3) is 0 Å². The molecule has 2 N–H and O–H groups in total. The van der Waals surface area contributed by atoms with Crippen molar-refractivity contribution in [2.75, 3.05) is 39.3 Å². The van der Waals surface area contributed by atoms with Gasteiger partial charge in [0.25, 0.3) is 0 Å². The molecule has 21 heavy (non-hydrogen) atoms. The highest BCUT2D eigenvalue weighted by molar-refractivity contribution is 5.25. The van der Waals surface area contributed by atoms with Crippen molar-refractivity contribution in [3.05, 3.63) is 35.4 Å². The predicted octanol–water partition coefficient (Wildman–Crippen LogP) is 3.05. The molecule has 0 aromatic heterocycles. The standard InChI is InChI=1S/C18H33N3/c1-5-20(6-2)12-9-13-21(7-3)15-18(19)17-11-8-10-16(4)14-17/h8,10-11,14,18H,5-7,9,12-13,15,19H2,1-4H3. The molecular weight excluding hydrogens is 258 g/mol. The lowest BCUT2D eigenvalue weighted by Crippen LogP contribution is -2.35. The van der Waals surface area contributed by atoms with Crippen molar-refractivity contribution in [3.63, 3.8) is 0 Å². The Morgan fingerprint density at radius 3 is 2.19 bits per heavy atom. The number of hydrogen-bond donors (Lipinski definition) is 1. The molecule has 0 fully saturated rings. The van der Waals surface area contributed by atoms with Gasteiger partial charge in [-0.3, -0.25) is 0 Å². The lowest BCUT2D eigenvalue weighted by molar-refractivity contribution is 0.234. The fourth-order valence-electron chi connectivity index (χ4n) is 2.72. The normalized spacial score (nSPS) is 13.1. The van der Waals surface area contributed by atoms with Crippen LogP contribution in [0.2, 0.25) is 0 Å². The molecule has 1 atom stereocenters. The van der Waals surface area contributed by atoms with Crippen molar-refractivity contribution in [2.24, 2.45) is 5.73 Å². The van der Waals surface area contributed by atoms with Gasteiger partial charge in [-0.2, -0.15) is 0 Å². The van der Waals surface area contributed by atoms with Crippen molar-refractivity contribution in [3.8, 4) is 0 Å². The molecule has 0 amide bonds. The number of aryl methyl sites for hydroxylation is 1. The summed E-state index contributed by atoms with van der Waals surface area (Å²) in [5.41, 5.74) is 8.90. The molecule has 0 saturated heterocycles. The van der Waals surface area contributed by atoms with E-state index in [0.717, 1.165) is 32.7 Å². The first-order chi connectivity index (χ1) is 10.1. The summed E-state index contributed by atoms with van der Waals surface area (Å²) in [4.78, 5) is 4.95. The monoisotopic (exact) mass is 291 g/mol. The van der Waals surface area contributed by atoms with E-state index in [1.165, 1.54) is 24.1 Å². The molecule has 0 saturated carbocycles. The lowest BCUT2D eigenvalue weighted by Gasteiger charge is -2.26. The maximum Gasteiger partial charge on any atom is 0.0424 e. The quantitative estimate of drug-likeness (QED) is 0.719. The van der Waals surface area contributed by atoms with Crippen LogP contribution in [0, 0.1) is 6.92 Å². The Morgan fingerprint density at radius 1 is 1.00 bits per heavy atom. The van der Waals surface area contributed by atoms with Gasteiger partial charge in [0.1, 0.15) is 0 Å². The van der Waals surface area contributed by atoms with Crippen molar-refractivity contribution >= 4 is 0 Å². The highest BCUT2D eigenvalue weighted by Crippen LogP contribution is 2.13. The zero-order valence-corrected chi connectivity index (χ0v) is 14.3. The fraction of sp³-hybridized carbons (Fsp3) is 0.667. The van der Waals surface area contributed by atoms with Gasteiger partial charge in [0.2, 0.25) is 0 Å². The maximum atomic E-state index is 6.37. The number of nitrogens with zero attached hydrogens (tertiary/aromatic N) is 2. The second-order valence-corrected chi connectivity index (χ2v) is 5.79. The molecule has 3 nitrogen and oxygen atoms in total. The molecule has 120 valence electrons. The van der Waals surface area contributed by atoms with Gasteiger partial charge in [0.15, 0.2) is 0 Å². The Bertz CT molecular complexity index is 388. The van der Waals surface area contributed by atoms with Gasteiger partial charge in [-0.05, 0) is 51.6 Å². The van der Waals surface area contributed by atoms with E-state index < -0.39 is 0 Å². The van der Waals surface area contributed by atoms with Crippen LogP contribution >= 0.6 is 0 Å². The number of benzene rings is 1. The van der Waals surface area contributed by atoms with Gasteiger partial charge in [0.05, 0.1) is 0 Å². The molecule has 1 rings (SSSR count). The van der Waals surface area contributed by atoms with Crippen LogP contribution in [-0.2, 0) is 0 Å². The summed E-state index contributed by atoms with van der Waals surface area (Å²) in [7, 11) is 0. The molecule has 0 spiro atoms. The highest BCUT2D eigenvalue weighted by Gasteiger charge is 2.11. The SMILES string of the molecule is CCN(CC)CCCN(CC)CC(N)c1cccc(C)c1.